The van der Waals surface area contributed by atoms with Gasteiger partial charge in [0.05, 0.1) is 23.7 Å². The molecule has 0 unspecified atom stereocenters. The summed E-state index contributed by atoms with van der Waals surface area (Å²) >= 11 is 0. The molecule has 0 spiro atoms. The van der Waals surface area contributed by atoms with Crippen molar-refractivity contribution in [3.05, 3.63) is 48.0 Å². The van der Waals surface area contributed by atoms with Crippen LogP contribution in [-0.2, 0) is 14.8 Å². The topological polar surface area (TPSA) is 87.7 Å². The molecule has 0 aliphatic heterocycles. The fourth-order valence-electron chi connectivity index (χ4n) is 2.38. The highest BCUT2D eigenvalue weighted by atomic mass is 32.2. The van der Waals surface area contributed by atoms with Gasteiger partial charge >= 0.3 is 0 Å². The van der Waals surface area contributed by atoms with Crippen LogP contribution in [0.5, 0.6) is 5.75 Å². The van der Waals surface area contributed by atoms with Gasteiger partial charge < -0.3 is 15.4 Å². The zero-order valence-corrected chi connectivity index (χ0v) is 16.8. The normalized spacial score (nSPS) is 11.3. The smallest absolute Gasteiger partial charge is 0.243 e. The highest BCUT2D eigenvalue weighted by Crippen LogP contribution is 2.24. The summed E-state index contributed by atoms with van der Waals surface area (Å²) in [6.45, 7) is 4.21. The van der Waals surface area contributed by atoms with E-state index < -0.39 is 10.0 Å². The first-order chi connectivity index (χ1) is 12.8. The minimum atomic E-state index is -3.54. The Bertz CT molecular complexity index is 911. The highest BCUT2D eigenvalue weighted by Gasteiger charge is 2.18. The molecule has 0 fully saturated rings. The zero-order valence-electron chi connectivity index (χ0n) is 15.9. The largest absolute Gasteiger partial charge is 0.492 e. The lowest BCUT2D eigenvalue weighted by Gasteiger charge is -2.15. The lowest BCUT2D eigenvalue weighted by atomic mass is 10.2. The van der Waals surface area contributed by atoms with E-state index >= 15 is 0 Å². The Hall–Kier alpha value is -2.58. The van der Waals surface area contributed by atoms with Crippen LogP contribution >= 0.6 is 0 Å². The van der Waals surface area contributed by atoms with Crippen molar-refractivity contribution >= 4 is 27.3 Å². The molecular formula is C19H25N3O4S. The fraction of sp³-hybridized carbons (Fsp3) is 0.316. The first kappa shape index (κ1) is 20.7. The second kappa shape index (κ2) is 8.88. The molecule has 0 atom stereocenters. The highest BCUT2D eigenvalue weighted by molar-refractivity contribution is 7.89. The maximum atomic E-state index is 12.3. The van der Waals surface area contributed by atoms with Crippen molar-refractivity contribution in [1.82, 2.24) is 4.31 Å². The van der Waals surface area contributed by atoms with Crippen LogP contribution in [-0.4, -0.2) is 45.9 Å². The molecule has 0 saturated heterocycles. The van der Waals surface area contributed by atoms with E-state index in [1.807, 2.05) is 26.0 Å². The predicted molar refractivity (Wildman–Crippen MR) is 107 cm³/mol. The van der Waals surface area contributed by atoms with Crippen LogP contribution in [0.4, 0.5) is 11.4 Å². The number of hydrogen-bond acceptors (Lipinski definition) is 5. The summed E-state index contributed by atoms with van der Waals surface area (Å²) in [6, 6.07) is 12.0. The van der Waals surface area contributed by atoms with E-state index in [1.165, 1.54) is 20.2 Å². The van der Waals surface area contributed by atoms with Gasteiger partial charge in [-0.05, 0) is 43.7 Å². The Morgan fingerprint density at radius 3 is 2.48 bits per heavy atom. The predicted octanol–water partition coefficient (Wildman–Crippen LogP) is 2.69. The van der Waals surface area contributed by atoms with Crippen molar-refractivity contribution in [1.29, 1.82) is 0 Å². The molecule has 2 aromatic carbocycles. The van der Waals surface area contributed by atoms with Crippen LogP contribution in [0.3, 0.4) is 0 Å². The van der Waals surface area contributed by atoms with E-state index in [-0.39, 0.29) is 17.3 Å². The number of rotatable bonds is 8. The summed E-state index contributed by atoms with van der Waals surface area (Å²) in [5.41, 5.74) is 2.02. The number of aryl methyl sites for hydroxylation is 1. The summed E-state index contributed by atoms with van der Waals surface area (Å²) < 4.78 is 31.2. The van der Waals surface area contributed by atoms with Gasteiger partial charge in [0.2, 0.25) is 15.9 Å². The number of sulfonamides is 1. The second-order valence-electron chi connectivity index (χ2n) is 6.10. The van der Waals surface area contributed by atoms with Gasteiger partial charge in [-0.15, -0.1) is 0 Å². The third-order valence-corrected chi connectivity index (χ3v) is 5.70. The van der Waals surface area contributed by atoms with Gasteiger partial charge in [0.1, 0.15) is 5.75 Å². The molecule has 0 saturated carbocycles. The standard InChI is InChI=1S/C19H25N3O4S/c1-5-26-18-9-7-6-8-16(18)21-19(23)13-20-17-12-15(11-10-14(17)2)27(24,25)22(3)4/h6-12,20H,5,13H2,1-4H3,(H,21,23). The molecule has 0 heterocycles. The maximum Gasteiger partial charge on any atom is 0.243 e. The number of carbonyl (C=O) groups is 1. The minimum Gasteiger partial charge on any atom is -0.492 e. The third-order valence-electron chi connectivity index (χ3n) is 3.89. The van der Waals surface area contributed by atoms with E-state index in [4.69, 9.17) is 4.74 Å². The Kier molecular flexibility index (Phi) is 6.81. The average Bonchev–Trinajstić information content (AvgIpc) is 2.62. The van der Waals surface area contributed by atoms with Gasteiger partial charge in [-0.25, -0.2) is 12.7 Å². The zero-order chi connectivity index (χ0) is 20.0. The van der Waals surface area contributed by atoms with Crippen LogP contribution < -0.4 is 15.4 Å². The Morgan fingerprint density at radius 2 is 1.81 bits per heavy atom. The number of anilines is 2. The number of nitrogens with zero attached hydrogens (tertiary/aromatic N) is 1. The van der Waals surface area contributed by atoms with Gasteiger partial charge in [-0.3, -0.25) is 4.79 Å². The molecular weight excluding hydrogens is 366 g/mol. The fourth-order valence-corrected chi connectivity index (χ4v) is 3.31. The maximum absolute atomic E-state index is 12.3. The van der Waals surface area contributed by atoms with Crippen molar-refractivity contribution in [3.63, 3.8) is 0 Å². The SMILES string of the molecule is CCOc1ccccc1NC(=O)CNc1cc(S(=O)(=O)N(C)C)ccc1C. The van der Waals surface area contributed by atoms with Crippen LogP contribution in [0.2, 0.25) is 0 Å². The van der Waals surface area contributed by atoms with Gasteiger partial charge in [0, 0.05) is 19.8 Å². The minimum absolute atomic E-state index is 0.00718. The molecule has 2 rings (SSSR count). The number of benzene rings is 2. The van der Waals surface area contributed by atoms with Crippen LogP contribution in [0, 0.1) is 6.92 Å². The molecule has 1 amide bonds. The summed E-state index contributed by atoms with van der Waals surface area (Å²) in [5.74, 6) is 0.339. The molecule has 0 aliphatic rings. The molecule has 2 N–H and O–H groups in total. The van der Waals surface area contributed by atoms with Gasteiger partial charge in [-0.2, -0.15) is 0 Å². The molecule has 7 nitrogen and oxygen atoms in total. The molecule has 27 heavy (non-hydrogen) atoms. The summed E-state index contributed by atoms with van der Waals surface area (Å²) in [7, 11) is -0.583. The second-order valence-corrected chi connectivity index (χ2v) is 8.25. The number of nitrogens with one attached hydrogen (secondary N) is 2. The molecule has 0 aromatic heterocycles. The van der Waals surface area contributed by atoms with Crippen molar-refractivity contribution < 1.29 is 17.9 Å². The number of ether oxygens (including phenoxy) is 1. The average molecular weight is 391 g/mol. The first-order valence-corrected chi connectivity index (χ1v) is 9.98. The lowest BCUT2D eigenvalue weighted by Crippen LogP contribution is -2.24. The van der Waals surface area contributed by atoms with Crippen molar-refractivity contribution in [2.45, 2.75) is 18.7 Å². The summed E-state index contributed by atoms with van der Waals surface area (Å²) in [5, 5.41) is 5.80. The molecule has 0 bridgehead atoms. The van der Waals surface area contributed by atoms with Crippen LogP contribution in [0.15, 0.2) is 47.4 Å². The number of amides is 1. The van der Waals surface area contributed by atoms with Crippen molar-refractivity contribution in [2.75, 3.05) is 37.9 Å². The Balaban J connectivity index is 2.09. The Morgan fingerprint density at radius 1 is 1.11 bits per heavy atom. The third kappa shape index (κ3) is 5.21. The number of hydrogen-bond donors (Lipinski definition) is 2. The lowest BCUT2D eigenvalue weighted by molar-refractivity contribution is -0.114. The first-order valence-electron chi connectivity index (χ1n) is 8.54. The number of carbonyl (C=O) groups excluding carboxylic acids is 1. The van der Waals surface area contributed by atoms with Crippen molar-refractivity contribution in [3.8, 4) is 5.75 Å². The van der Waals surface area contributed by atoms with Crippen LogP contribution in [0.1, 0.15) is 12.5 Å². The molecule has 2 aromatic rings. The van der Waals surface area contributed by atoms with E-state index in [1.54, 1.807) is 24.3 Å². The Labute approximate surface area is 160 Å². The van der Waals surface area contributed by atoms with Gasteiger partial charge in [-0.1, -0.05) is 18.2 Å². The van der Waals surface area contributed by atoms with E-state index in [0.29, 0.717) is 23.7 Å². The monoisotopic (exact) mass is 391 g/mol. The summed E-state index contributed by atoms with van der Waals surface area (Å²) in [6.07, 6.45) is 0. The molecule has 146 valence electrons. The molecule has 0 radical (unpaired) electrons. The molecule has 8 heteroatoms. The van der Waals surface area contributed by atoms with Gasteiger partial charge in [0.25, 0.3) is 0 Å². The summed E-state index contributed by atoms with van der Waals surface area (Å²) in [4.78, 5) is 12.5. The quantitative estimate of drug-likeness (QED) is 0.722. The van der Waals surface area contributed by atoms with Crippen LogP contribution in [0.25, 0.3) is 0 Å². The van der Waals surface area contributed by atoms with Gasteiger partial charge in [0.15, 0.2) is 0 Å². The van der Waals surface area contributed by atoms with E-state index in [9.17, 15) is 13.2 Å². The molecule has 0 aliphatic carbocycles. The van der Waals surface area contributed by atoms with E-state index in [0.717, 1.165) is 9.87 Å². The van der Waals surface area contributed by atoms with E-state index in [2.05, 4.69) is 10.6 Å². The van der Waals surface area contributed by atoms with Crippen molar-refractivity contribution in [2.24, 2.45) is 0 Å². The number of para-hydroxylation sites is 2.